The first-order valence-electron chi connectivity index (χ1n) is 7.20. The first-order valence-corrected chi connectivity index (χ1v) is 8.64. The van der Waals surface area contributed by atoms with Crippen molar-refractivity contribution in [1.29, 1.82) is 0 Å². The highest BCUT2D eigenvalue weighted by Crippen LogP contribution is 2.21. The molecule has 0 aliphatic carbocycles. The van der Waals surface area contributed by atoms with Gasteiger partial charge in [0, 0.05) is 33.6 Å². The van der Waals surface area contributed by atoms with E-state index in [4.69, 9.17) is 0 Å². The van der Waals surface area contributed by atoms with Crippen LogP contribution in [0.1, 0.15) is 24.8 Å². The Kier molecular flexibility index (Phi) is 5.00. The molecule has 5 nitrogen and oxygen atoms in total. The van der Waals surface area contributed by atoms with Crippen LogP contribution < -0.4 is 0 Å². The van der Waals surface area contributed by atoms with Crippen LogP contribution in [-0.2, 0) is 21.2 Å². The average molecular weight is 310 g/mol. The van der Waals surface area contributed by atoms with Crippen LogP contribution in [0.4, 0.5) is 0 Å². The van der Waals surface area contributed by atoms with E-state index in [0.717, 1.165) is 18.4 Å². The molecule has 0 radical (unpaired) electrons. The molecule has 1 amide bonds. The third-order valence-corrected chi connectivity index (χ3v) is 5.67. The average Bonchev–Trinajstić information content (AvgIpc) is 3.00. The minimum Gasteiger partial charge on any atom is -0.349 e. The summed E-state index contributed by atoms with van der Waals surface area (Å²) >= 11 is 0. The van der Waals surface area contributed by atoms with Crippen LogP contribution in [0, 0.1) is 0 Å². The standard InChI is InChI=1S/C15H22N2O3S/c1-16(2)15(18)10-7-13-5-8-14(9-6-13)21(19,20)17-11-3-4-12-17/h5-6,8-9H,3-4,7,10-12H2,1-2H3. The molecule has 0 N–H and O–H groups in total. The Morgan fingerprint density at radius 3 is 2.24 bits per heavy atom. The summed E-state index contributed by atoms with van der Waals surface area (Å²) in [4.78, 5) is 13.4. The van der Waals surface area contributed by atoms with E-state index in [-0.39, 0.29) is 5.91 Å². The van der Waals surface area contributed by atoms with Crippen LogP contribution >= 0.6 is 0 Å². The Hall–Kier alpha value is -1.40. The first-order chi connectivity index (χ1) is 9.91. The molecule has 0 saturated carbocycles. The van der Waals surface area contributed by atoms with Gasteiger partial charge in [0.25, 0.3) is 0 Å². The third-order valence-electron chi connectivity index (χ3n) is 3.75. The second-order valence-corrected chi connectivity index (χ2v) is 7.48. The SMILES string of the molecule is CN(C)C(=O)CCc1ccc(S(=O)(=O)N2CCCC2)cc1. The van der Waals surface area contributed by atoms with Gasteiger partial charge < -0.3 is 4.90 Å². The van der Waals surface area contributed by atoms with Crippen molar-refractivity contribution in [2.24, 2.45) is 0 Å². The van der Waals surface area contributed by atoms with Gasteiger partial charge in [-0.05, 0) is 37.0 Å². The molecule has 1 aromatic carbocycles. The van der Waals surface area contributed by atoms with E-state index in [1.165, 1.54) is 4.31 Å². The van der Waals surface area contributed by atoms with Crippen molar-refractivity contribution in [3.05, 3.63) is 29.8 Å². The summed E-state index contributed by atoms with van der Waals surface area (Å²) < 4.78 is 26.3. The zero-order valence-electron chi connectivity index (χ0n) is 12.6. The molecule has 1 aliphatic rings. The predicted molar refractivity (Wildman–Crippen MR) is 81.4 cm³/mol. The lowest BCUT2D eigenvalue weighted by molar-refractivity contribution is -0.128. The predicted octanol–water partition coefficient (Wildman–Crippen LogP) is 1.49. The molecule has 0 unspecified atom stereocenters. The Morgan fingerprint density at radius 1 is 1.14 bits per heavy atom. The Balaban J connectivity index is 2.03. The molecule has 1 aliphatic heterocycles. The van der Waals surface area contributed by atoms with E-state index in [1.54, 1.807) is 43.3 Å². The molecule has 0 aromatic heterocycles. The van der Waals surface area contributed by atoms with Gasteiger partial charge in [-0.1, -0.05) is 12.1 Å². The molecule has 2 rings (SSSR count). The molecule has 0 spiro atoms. The molecule has 1 aromatic rings. The molecular weight excluding hydrogens is 288 g/mol. The smallest absolute Gasteiger partial charge is 0.243 e. The van der Waals surface area contributed by atoms with Crippen LogP contribution in [0.25, 0.3) is 0 Å². The lowest BCUT2D eigenvalue weighted by atomic mass is 10.1. The van der Waals surface area contributed by atoms with Crippen molar-refractivity contribution in [2.45, 2.75) is 30.6 Å². The highest BCUT2D eigenvalue weighted by atomic mass is 32.2. The van der Waals surface area contributed by atoms with Crippen LogP contribution in [0.5, 0.6) is 0 Å². The Bertz CT molecular complexity index is 588. The van der Waals surface area contributed by atoms with Gasteiger partial charge in [-0.25, -0.2) is 8.42 Å². The van der Waals surface area contributed by atoms with E-state index >= 15 is 0 Å². The van der Waals surface area contributed by atoms with Gasteiger partial charge in [0.15, 0.2) is 0 Å². The molecule has 0 bridgehead atoms. The number of nitrogens with zero attached hydrogens (tertiary/aromatic N) is 2. The van der Waals surface area contributed by atoms with Crippen LogP contribution in [0.2, 0.25) is 0 Å². The van der Waals surface area contributed by atoms with Crippen molar-refractivity contribution in [2.75, 3.05) is 27.2 Å². The number of aryl methyl sites for hydroxylation is 1. The second-order valence-electron chi connectivity index (χ2n) is 5.54. The van der Waals surface area contributed by atoms with Crippen molar-refractivity contribution < 1.29 is 13.2 Å². The Morgan fingerprint density at radius 2 is 1.71 bits per heavy atom. The molecular formula is C15H22N2O3S. The maximum Gasteiger partial charge on any atom is 0.243 e. The number of benzene rings is 1. The number of sulfonamides is 1. The van der Waals surface area contributed by atoms with Gasteiger partial charge in [-0.2, -0.15) is 4.31 Å². The fourth-order valence-electron chi connectivity index (χ4n) is 2.38. The maximum absolute atomic E-state index is 12.4. The van der Waals surface area contributed by atoms with E-state index in [2.05, 4.69) is 0 Å². The normalized spacial score (nSPS) is 16.1. The quantitative estimate of drug-likeness (QED) is 0.828. The van der Waals surface area contributed by atoms with Crippen LogP contribution in [-0.4, -0.2) is 50.7 Å². The van der Waals surface area contributed by atoms with Gasteiger partial charge in [-0.15, -0.1) is 0 Å². The molecule has 1 saturated heterocycles. The molecule has 116 valence electrons. The van der Waals surface area contributed by atoms with Crippen molar-refractivity contribution in [3.8, 4) is 0 Å². The van der Waals surface area contributed by atoms with E-state index in [9.17, 15) is 13.2 Å². The largest absolute Gasteiger partial charge is 0.349 e. The number of carbonyl (C=O) groups is 1. The minimum atomic E-state index is -3.34. The molecule has 1 fully saturated rings. The summed E-state index contributed by atoms with van der Waals surface area (Å²) in [5.74, 6) is 0.0729. The molecule has 6 heteroatoms. The number of rotatable bonds is 5. The summed E-state index contributed by atoms with van der Waals surface area (Å²) in [7, 11) is 0.118. The number of carbonyl (C=O) groups excluding carboxylic acids is 1. The van der Waals surface area contributed by atoms with Crippen molar-refractivity contribution in [3.63, 3.8) is 0 Å². The monoisotopic (exact) mass is 310 g/mol. The molecule has 21 heavy (non-hydrogen) atoms. The lowest BCUT2D eigenvalue weighted by Gasteiger charge is -2.15. The van der Waals surface area contributed by atoms with Gasteiger partial charge in [0.2, 0.25) is 15.9 Å². The summed E-state index contributed by atoms with van der Waals surface area (Å²) in [5.41, 5.74) is 0.977. The number of amides is 1. The first kappa shape index (κ1) is 16.0. The minimum absolute atomic E-state index is 0.0729. The lowest BCUT2D eigenvalue weighted by Crippen LogP contribution is -2.27. The van der Waals surface area contributed by atoms with Crippen molar-refractivity contribution >= 4 is 15.9 Å². The number of hydrogen-bond donors (Lipinski definition) is 0. The van der Waals surface area contributed by atoms with Crippen molar-refractivity contribution in [1.82, 2.24) is 9.21 Å². The zero-order valence-corrected chi connectivity index (χ0v) is 13.4. The van der Waals surface area contributed by atoms with E-state index in [1.807, 2.05) is 0 Å². The van der Waals surface area contributed by atoms with Gasteiger partial charge in [0.1, 0.15) is 0 Å². The van der Waals surface area contributed by atoms with Crippen LogP contribution in [0.15, 0.2) is 29.2 Å². The summed E-state index contributed by atoms with van der Waals surface area (Å²) in [6.07, 6.45) is 2.93. The van der Waals surface area contributed by atoms with Gasteiger partial charge >= 0.3 is 0 Å². The molecule has 1 heterocycles. The highest BCUT2D eigenvalue weighted by Gasteiger charge is 2.26. The van der Waals surface area contributed by atoms with E-state index in [0.29, 0.717) is 30.8 Å². The maximum atomic E-state index is 12.4. The fraction of sp³-hybridized carbons (Fsp3) is 0.533. The second kappa shape index (κ2) is 6.58. The van der Waals surface area contributed by atoms with Gasteiger partial charge in [-0.3, -0.25) is 4.79 Å². The highest BCUT2D eigenvalue weighted by molar-refractivity contribution is 7.89. The summed E-state index contributed by atoms with van der Waals surface area (Å²) in [6.45, 7) is 1.23. The fourth-order valence-corrected chi connectivity index (χ4v) is 3.90. The Labute approximate surface area is 126 Å². The summed E-state index contributed by atoms with van der Waals surface area (Å²) in [5, 5.41) is 0. The third kappa shape index (κ3) is 3.83. The van der Waals surface area contributed by atoms with Gasteiger partial charge in [0.05, 0.1) is 4.90 Å². The summed E-state index contributed by atoms with van der Waals surface area (Å²) in [6, 6.07) is 6.88. The topological polar surface area (TPSA) is 57.7 Å². The van der Waals surface area contributed by atoms with E-state index < -0.39 is 10.0 Å². The number of hydrogen-bond acceptors (Lipinski definition) is 3. The van der Waals surface area contributed by atoms with Crippen LogP contribution in [0.3, 0.4) is 0 Å². The molecule has 0 atom stereocenters. The zero-order chi connectivity index (χ0) is 15.5.